The van der Waals surface area contributed by atoms with Crippen LogP contribution in [0.25, 0.3) is 5.57 Å². The number of carboxylic acid groups (broad SMARTS) is 2. The van der Waals surface area contributed by atoms with Gasteiger partial charge in [0.1, 0.15) is 16.7 Å². The van der Waals surface area contributed by atoms with E-state index in [2.05, 4.69) is 47.6 Å². The summed E-state index contributed by atoms with van der Waals surface area (Å²) in [6, 6.07) is 9.77. The van der Waals surface area contributed by atoms with E-state index in [1.165, 1.54) is 6.42 Å². The molecule has 0 spiro atoms. The number of benzene rings is 1. The summed E-state index contributed by atoms with van der Waals surface area (Å²) in [4.78, 5) is 18.2. The largest absolute Gasteiger partial charge is 0.493 e. The summed E-state index contributed by atoms with van der Waals surface area (Å²) in [7, 11) is -1.12. The molecule has 0 fully saturated rings. The van der Waals surface area contributed by atoms with Gasteiger partial charge in [0.15, 0.2) is 0 Å². The van der Waals surface area contributed by atoms with Gasteiger partial charge in [-0.1, -0.05) is 78.0 Å². The summed E-state index contributed by atoms with van der Waals surface area (Å²) in [5.41, 5.74) is 1.66. The van der Waals surface area contributed by atoms with E-state index in [0.717, 1.165) is 48.7 Å². The van der Waals surface area contributed by atoms with E-state index in [1.807, 2.05) is 63.3 Å². The first kappa shape index (κ1) is 43.7. The van der Waals surface area contributed by atoms with Gasteiger partial charge in [-0.25, -0.2) is 13.8 Å². The lowest BCUT2D eigenvalue weighted by Crippen LogP contribution is -2.22. The minimum Gasteiger partial charge on any atom is -0.493 e. The van der Waals surface area contributed by atoms with Crippen LogP contribution in [0.1, 0.15) is 79.0 Å². The van der Waals surface area contributed by atoms with Crippen molar-refractivity contribution < 1.29 is 33.2 Å². The van der Waals surface area contributed by atoms with E-state index in [4.69, 9.17) is 29.0 Å². The van der Waals surface area contributed by atoms with Crippen molar-refractivity contribution in [2.45, 2.75) is 73.0 Å². The van der Waals surface area contributed by atoms with Crippen molar-refractivity contribution in [1.29, 1.82) is 0 Å². The Kier molecular flexibility index (Phi) is 29.7. The maximum absolute atomic E-state index is 12.2. The first-order valence-electron chi connectivity index (χ1n) is 15.1. The second-order valence-corrected chi connectivity index (χ2v) is 11.2. The molecule has 0 saturated carbocycles. The van der Waals surface area contributed by atoms with Crippen molar-refractivity contribution >= 4 is 40.3 Å². The maximum Gasteiger partial charge on any atom is 0.414 e. The van der Waals surface area contributed by atoms with E-state index >= 15 is 0 Å². The quantitative estimate of drug-likeness (QED) is 0.0780. The molecule has 0 saturated heterocycles. The highest BCUT2D eigenvalue weighted by molar-refractivity contribution is 7.98. The number of thioether (sulfide) groups is 1. The molecule has 0 aliphatic heterocycles. The monoisotopic (exact) mass is 668 g/mol. The highest BCUT2D eigenvalue weighted by atomic mass is 32.2. The Bertz CT molecular complexity index is 1130. The highest BCUT2D eigenvalue weighted by Crippen LogP contribution is 2.17. The fourth-order valence-electron chi connectivity index (χ4n) is 2.80. The van der Waals surface area contributed by atoms with Crippen LogP contribution >= 0.6 is 11.8 Å². The number of hydrogen-bond acceptors (Lipinski definition) is 9. The lowest BCUT2D eigenvalue weighted by atomic mass is 10.2. The molecular weight excluding hydrogens is 617 g/mol. The number of nitrogens with one attached hydrogen (secondary N) is 2. The molecule has 254 valence electrons. The number of nitrogens with zero attached hydrogens (tertiary/aromatic N) is 2. The zero-order chi connectivity index (χ0) is 34.3. The number of hydrogen-bond donors (Lipinski definition) is 4. The topological polar surface area (TPSA) is 164 Å². The molecule has 11 nitrogen and oxygen atoms in total. The minimum atomic E-state index is -1.82. The molecule has 0 amide bonds. The minimum absolute atomic E-state index is 0.515. The smallest absolute Gasteiger partial charge is 0.414 e. The Morgan fingerprint density at radius 3 is 2.29 bits per heavy atom. The second-order valence-electron chi connectivity index (χ2n) is 8.77. The molecule has 0 bridgehead atoms. The molecule has 1 aromatic carbocycles. The summed E-state index contributed by atoms with van der Waals surface area (Å²) in [5, 5.41) is 26.4. The molecule has 2 rings (SSSR count). The van der Waals surface area contributed by atoms with Gasteiger partial charge in [0.05, 0.1) is 12.4 Å². The molecule has 1 atom stereocenters. The van der Waals surface area contributed by atoms with E-state index in [0.29, 0.717) is 36.3 Å². The average molecular weight is 669 g/mol. The fraction of sp³-hybridized carbons (Fsp3) is 0.500. The van der Waals surface area contributed by atoms with Crippen LogP contribution in [0.2, 0.25) is 0 Å². The Morgan fingerprint density at radius 2 is 1.71 bits per heavy atom. The van der Waals surface area contributed by atoms with Crippen LogP contribution in [-0.4, -0.2) is 67.8 Å². The third kappa shape index (κ3) is 25.6. The molecule has 13 heteroatoms. The Hall–Kier alpha value is -3.42. The molecule has 0 aliphatic rings. The van der Waals surface area contributed by atoms with Gasteiger partial charge in [0.25, 0.3) is 0 Å². The Balaban J connectivity index is 0. The van der Waals surface area contributed by atoms with Crippen LogP contribution in [0.15, 0.2) is 65.3 Å². The van der Waals surface area contributed by atoms with E-state index < -0.39 is 22.9 Å². The fourth-order valence-corrected chi connectivity index (χ4v) is 4.37. The van der Waals surface area contributed by atoms with Crippen LogP contribution in [0.5, 0.6) is 5.75 Å². The Morgan fingerprint density at radius 1 is 1.07 bits per heavy atom. The third-order valence-corrected chi connectivity index (χ3v) is 6.81. The highest BCUT2D eigenvalue weighted by Gasteiger charge is 2.08. The SMILES string of the molecule is C=CC(=CC/C=C(\C)c1nnc(CSCCOc2ccccc2)o1)NS(=O)CCCNCCC.CC.CCC.O=C(O)C(=O)O. The number of carbonyl (C=O) groups is 2. The summed E-state index contributed by atoms with van der Waals surface area (Å²) in [6.45, 7) is 18.6. The number of allylic oxidation sites excluding steroid dienone is 4. The Labute approximate surface area is 275 Å². The van der Waals surface area contributed by atoms with Gasteiger partial charge in [-0.3, -0.25) is 0 Å². The zero-order valence-corrected chi connectivity index (χ0v) is 29.2. The number of aliphatic carboxylic acids is 2. The number of rotatable bonds is 18. The predicted molar refractivity (Wildman–Crippen MR) is 185 cm³/mol. The van der Waals surface area contributed by atoms with Crippen molar-refractivity contribution in [2.24, 2.45) is 0 Å². The first-order chi connectivity index (χ1) is 21.7. The summed E-state index contributed by atoms with van der Waals surface area (Å²) < 4.78 is 26.7. The van der Waals surface area contributed by atoms with Gasteiger partial charge in [0, 0.05) is 22.8 Å². The van der Waals surface area contributed by atoms with Crippen LogP contribution in [-0.2, 0) is 26.3 Å². The van der Waals surface area contributed by atoms with Gasteiger partial charge in [-0.15, -0.1) is 22.0 Å². The lowest BCUT2D eigenvalue weighted by Gasteiger charge is -2.07. The van der Waals surface area contributed by atoms with Gasteiger partial charge in [-0.05, 0) is 57.5 Å². The third-order valence-electron chi connectivity index (χ3n) is 4.78. The number of carboxylic acids is 2. The number of aromatic nitrogens is 2. The molecular formula is C32H52N4O7S2. The first-order valence-corrected chi connectivity index (χ1v) is 17.5. The summed E-state index contributed by atoms with van der Waals surface area (Å²) >= 11 is 1.69. The van der Waals surface area contributed by atoms with Crippen molar-refractivity contribution in [2.75, 3.05) is 31.2 Å². The van der Waals surface area contributed by atoms with Crippen molar-refractivity contribution in [3.8, 4) is 5.75 Å². The molecule has 0 aliphatic carbocycles. The summed E-state index contributed by atoms with van der Waals surface area (Å²) in [5.74, 6) is 0.408. The van der Waals surface area contributed by atoms with Gasteiger partial charge in [-0.2, -0.15) is 0 Å². The molecule has 1 heterocycles. The normalized spacial score (nSPS) is 11.3. The second kappa shape index (κ2) is 30.6. The lowest BCUT2D eigenvalue weighted by molar-refractivity contribution is -0.159. The zero-order valence-electron chi connectivity index (χ0n) is 27.5. The molecule has 1 aromatic heterocycles. The molecule has 2 aromatic rings. The predicted octanol–water partition coefficient (Wildman–Crippen LogP) is 6.49. The van der Waals surface area contributed by atoms with Crippen LogP contribution in [0, 0.1) is 0 Å². The van der Waals surface area contributed by atoms with Gasteiger partial charge < -0.3 is 29.4 Å². The molecule has 1 unspecified atom stereocenters. The van der Waals surface area contributed by atoms with E-state index in [9.17, 15) is 4.21 Å². The van der Waals surface area contributed by atoms with Crippen molar-refractivity contribution in [3.05, 3.63) is 72.6 Å². The van der Waals surface area contributed by atoms with E-state index in [-0.39, 0.29) is 0 Å². The summed E-state index contributed by atoms with van der Waals surface area (Å²) in [6.07, 6.45) is 9.48. The standard InChI is InChI=1S/C25H36N4O3S2.C3H8.C2H2O4.C2H6/c1-4-15-26-16-10-19-34(30)29-22(5-2)12-9-11-21(3)25-28-27-24(32-25)20-33-18-17-31-23-13-7-6-8-14-23;1-3-2;3-1(4)2(5)6;1-2/h5-8,11-14,26,29H,2,4,9-10,15-20H2,1,3H3;3H2,1-2H3;(H,3,4)(H,5,6);1-2H3/b21-11+,22-12?;;;. The molecule has 4 N–H and O–H groups in total. The average Bonchev–Trinajstić information content (AvgIpc) is 3.51. The number of para-hydroxylation sites is 1. The molecule has 0 radical (unpaired) electrons. The van der Waals surface area contributed by atoms with Crippen molar-refractivity contribution in [1.82, 2.24) is 20.2 Å². The van der Waals surface area contributed by atoms with Crippen LogP contribution < -0.4 is 14.8 Å². The van der Waals surface area contributed by atoms with Gasteiger partial charge >= 0.3 is 11.9 Å². The van der Waals surface area contributed by atoms with Crippen LogP contribution in [0.3, 0.4) is 0 Å². The number of ether oxygens (including phenoxy) is 1. The van der Waals surface area contributed by atoms with Crippen molar-refractivity contribution in [3.63, 3.8) is 0 Å². The van der Waals surface area contributed by atoms with E-state index in [1.54, 1.807) is 17.8 Å². The molecule has 45 heavy (non-hydrogen) atoms. The van der Waals surface area contributed by atoms with Gasteiger partial charge in [0.2, 0.25) is 11.8 Å². The van der Waals surface area contributed by atoms with Crippen LogP contribution in [0.4, 0.5) is 0 Å². The maximum atomic E-state index is 12.2.